The third-order valence-corrected chi connectivity index (χ3v) is 5.13. The Morgan fingerprint density at radius 3 is 2.76 bits per heavy atom. The zero-order chi connectivity index (χ0) is 17.8. The molecule has 0 aliphatic carbocycles. The number of carbonyl (C=O) groups excluding carboxylic acids is 1. The maximum atomic E-state index is 12.8. The molecule has 0 aromatic heterocycles. The number of benzene rings is 1. The lowest BCUT2D eigenvalue weighted by molar-refractivity contribution is -0.135. The minimum absolute atomic E-state index is 0.0435. The van der Waals surface area contributed by atoms with Crippen molar-refractivity contribution in [3.63, 3.8) is 0 Å². The Morgan fingerprint density at radius 2 is 2.08 bits per heavy atom. The van der Waals surface area contributed by atoms with E-state index in [4.69, 9.17) is 9.47 Å². The first-order valence-corrected chi connectivity index (χ1v) is 9.35. The summed E-state index contributed by atoms with van der Waals surface area (Å²) in [5, 5.41) is 10.3. The largest absolute Gasteiger partial charge is 0.491 e. The molecule has 2 saturated heterocycles. The van der Waals surface area contributed by atoms with Crippen LogP contribution in [-0.4, -0.2) is 53.9 Å². The zero-order valence-electron chi connectivity index (χ0n) is 15.2. The number of aliphatic hydroxyl groups is 1. The van der Waals surface area contributed by atoms with Crippen LogP contribution >= 0.6 is 0 Å². The van der Waals surface area contributed by atoms with E-state index in [0.717, 1.165) is 30.7 Å². The van der Waals surface area contributed by atoms with Crippen molar-refractivity contribution >= 4 is 5.91 Å². The number of nitrogens with zero attached hydrogens (tertiary/aromatic N) is 1. The quantitative estimate of drug-likeness (QED) is 0.889. The second-order valence-corrected chi connectivity index (χ2v) is 7.38. The lowest BCUT2D eigenvalue weighted by Gasteiger charge is -2.37. The average Bonchev–Trinajstić information content (AvgIpc) is 3.06. The van der Waals surface area contributed by atoms with Crippen LogP contribution in [0.2, 0.25) is 0 Å². The molecule has 1 aromatic carbocycles. The van der Waals surface area contributed by atoms with Crippen LogP contribution in [0.4, 0.5) is 0 Å². The first-order chi connectivity index (χ1) is 12.0. The van der Waals surface area contributed by atoms with Crippen LogP contribution in [0.15, 0.2) is 24.3 Å². The number of likely N-dealkylation sites (tertiary alicyclic amines) is 1. The first kappa shape index (κ1) is 18.2. The molecule has 5 heteroatoms. The number of amides is 1. The molecule has 138 valence electrons. The van der Waals surface area contributed by atoms with Gasteiger partial charge in [0.05, 0.1) is 25.2 Å². The molecule has 2 aliphatic rings. The molecule has 1 amide bonds. The number of aliphatic hydroxyl groups excluding tert-OH is 1. The van der Waals surface area contributed by atoms with E-state index in [1.807, 2.05) is 43.0 Å². The van der Waals surface area contributed by atoms with Gasteiger partial charge in [0.15, 0.2) is 0 Å². The van der Waals surface area contributed by atoms with Crippen molar-refractivity contribution in [2.24, 2.45) is 5.92 Å². The van der Waals surface area contributed by atoms with Gasteiger partial charge in [-0.05, 0) is 50.8 Å². The number of hydrogen-bond donors (Lipinski definition) is 1. The van der Waals surface area contributed by atoms with Crippen molar-refractivity contribution in [3.8, 4) is 5.75 Å². The topological polar surface area (TPSA) is 59.0 Å². The zero-order valence-corrected chi connectivity index (χ0v) is 15.2. The van der Waals surface area contributed by atoms with Gasteiger partial charge in [-0.3, -0.25) is 4.79 Å². The van der Waals surface area contributed by atoms with Crippen LogP contribution in [0.3, 0.4) is 0 Å². The van der Waals surface area contributed by atoms with E-state index < -0.39 is 0 Å². The summed E-state index contributed by atoms with van der Waals surface area (Å²) in [6, 6.07) is 7.86. The summed E-state index contributed by atoms with van der Waals surface area (Å²) in [6.07, 6.45) is 2.79. The van der Waals surface area contributed by atoms with E-state index in [0.29, 0.717) is 26.1 Å². The van der Waals surface area contributed by atoms with Crippen molar-refractivity contribution in [2.75, 3.05) is 19.8 Å². The molecular weight excluding hydrogens is 318 g/mol. The van der Waals surface area contributed by atoms with Gasteiger partial charge in [0.25, 0.3) is 0 Å². The van der Waals surface area contributed by atoms with Gasteiger partial charge in [-0.25, -0.2) is 0 Å². The van der Waals surface area contributed by atoms with Crippen molar-refractivity contribution in [1.82, 2.24) is 4.90 Å². The summed E-state index contributed by atoms with van der Waals surface area (Å²) < 4.78 is 11.2. The molecule has 2 aliphatic heterocycles. The predicted molar refractivity (Wildman–Crippen MR) is 95.6 cm³/mol. The third-order valence-electron chi connectivity index (χ3n) is 5.13. The molecule has 0 bridgehead atoms. The Bertz CT molecular complexity index is 572. The molecule has 0 spiro atoms. The van der Waals surface area contributed by atoms with Crippen LogP contribution in [0.5, 0.6) is 5.75 Å². The highest BCUT2D eigenvalue weighted by Crippen LogP contribution is 2.30. The second kappa shape index (κ2) is 8.19. The minimum Gasteiger partial charge on any atom is -0.491 e. The third kappa shape index (κ3) is 4.53. The van der Waals surface area contributed by atoms with Crippen molar-refractivity contribution in [3.05, 3.63) is 29.8 Å². The highest BCUT2D eigenvalue weighted by Gasteiger charge is 2.39. The summed E-state index contributed by atoms with van der Waals surface area (Å²) in [7, 11) is 0. The van der Waals surface area contributed by atoms with Gasteiger partial charge in [-0.1, -0.05) is 12.1 Å². The lowest BCUT2D eigenvalue weighted by atomic mass is 9.89. The van der Waals surface area contributed by atoms with Gasteiger partial charge in [0, 0.05) is 25.1 Å². The predicted octanol–water partition coefficient (Wildman–Crippen LogP) is 2.40. The fourth-order valence-electron chi connectivity index (χ4n) is 3.90. The van der Waals surface area contributed by atoms with E-state index in [2.05, 4.69) is 0 Å². The Morgan fingerprint density at radius 1 is 1.32 bits per heavy atom. The molecule has 25 heavy (non-hydrogen) atoms. The van der Waals surface area contributed by atoms with Crippen molar-refractivity contribution < 1.29 is 19.4 Å². The molecule has 0 saturated carbocycles. The van der Waals surface area contributed by atoms with E-state index in [-0.39, 0.29) is 30.1 Å². The lowest BCUT2D eigenvalue weighted by Crippen LogP contribution is -2.48. The standard InChI is InChI=1S/C20H29NO4/c1-14(2)25-16-7-5-15(6-8-16)12-20(23)21-10-3-4-18(21)17-13-24-11-9-19(17)22/h5-8,14,17-19,22H,3-4,9-13H2,1-2H3/t17-,18+,19-/m0/s1. The first-order valence-electron chi connectivity index (χ1n) is 9.35. The SMILES string of the molecule is CC(C)Oc1ccc(CC(=O)N2CCC[C@@H]2[C@@H]2COCC[C@@H]2O)cc1. The van der Waals surface area contributed by atoms with Crippen LogP contribution < -0.4 is 4.74 Å². The average molecular weight is 347 g/mol. The Labute approximate surface area is 149 Å². The van der Waals surface area contributed by atoms with Gasteiger partial charge >= 0.3 is 0 Å². The van der Waals surface area contributed by atoms with Crippen LogP contribution in [-0.2, 0) is 16.0 Å². The highest BCUT2D eigenvalue weighted by atomic mass is 16.5. The highest BCUT2D eigenvalue weighted by molar-refractivity contribution is 5.79. The van der Waals surface area contributed by atoms with E-state index in [1.165, 1.54) is 0 Å². The monoisotopic (exact) mass is 347 g/mol. The van der Waals surface area contributed by atoms with Gasteiger partial charge < -0.3 is 19.5 Å². The number of carbonyl (C=O) groups is 1. The Kier molecular flexibility index (Phi) is 5.97. The van der Waals surface area contributed by atoms with Crippen molar-refractivity contribution in [1.29, 1.82) is 0 Å². The molecular formula is C20H29NO4. The van der Waals surface area contributed by atoms with Crippen LogP contribution in [0.1, 0.15) is 38.7 Å². The minimum atomic E-state index is -0.361. The van der Waals surface area contributed by atoms with Crippen LogP contribution in [0.25, 0.3) is 0 Å². The van der Waals surface area contributed by atoms with Gasteiger partial charge in [0.1, 0.15) is 5.75 Å². The maximum Gasteiger partial charge on any atom is 0.227 e. The Balaban J connectivity index is 1.61. The molecule has 0 unspecified atom stereocenters. The molecule has 1 aromatic rings. The van der Waals surface area contributed by atoms with E-state index >= 15 is 0 Å². The molecule has 3 atom stereocenters. The molecule has 5 nitrogen and oxygen atoms in total. The van der Waals surface area contributed by atoms with Gasteiger partial charge in [-0.2, -0.15) is 0 Å². The normalized spacial score (nSPS) is 26.9. The fraction of sp³-hybridized carbons (Fsp3) is 0.650. The summed E-state index contributed by atoms with van der Waals surface area (Å²) in [5.74, 6) is 1.01. The fourth-order valence-corrected chi connectivity index (χ4v) is 3.90. The summed E-state index contributed by atoms with van der Waals surface area (Å²) in [4.78, 5) is 14.8. The van der Waals surface area contributed by atoms with Crippen LogP contribution in [0, 0.1) is 5.92 Å². The van der Waals surface area contributed by atoms with E-state index in [1.54, 1.807) is 0 Å². The molecule has 0 radical (unpaired) electrons. The summed E-state index contributed by atoms with van der Waals surface area (Å²) in [6.45, 7) is 5.93. The van der Waals surface area contributed by atoms with Crippen molar-refractivity contribution in [2.45, 2.75) is 57.8 Å². The summed E-state index contributed by atoms with van der Waals surface area (Å²) >= 11 is 0. The second-order valence-electron chi connectivity index (χ2n) is 7.38. The number of hydrogen-bond acceptors (Lipinski definition) is 4. The summed E-state index contributed by atoms with van der Waals surface area (Å²) in [5.41, 5.74) is 0.993. The smallest absolute Gasteiger partial charge is 0.227 e. The molecule has 2 fully saturated rings. The number of ether oxygens (including phenoxy) is 2. The van der Waals surface area contributed by atoms with Gasteiger partial charge in [0.2, 0.25) is 5.91 Å². The molecule has 1 N–H and O–H groups in total. The molecule has 2 heterocycles. The Hall–Kier alpha value is -1.59. The maximum absolute atomic E-state index is 12.8. The molecule has 3 rings (SSSR count). The number of rotatable bonds is 5. The van der Waals surface area contributed by atoms with E-state index in [9.17, 15) is 9.90 Å². The van der Waals surface area contributed by atoms with Gasteiger partial charge in [-0.15, -0.1) is 0 Å².